The number of fused-ring (bicyclic) bond motifs is 2. The van der Waals surface area contributed by atoms with E-state index in [9.17, 15) is 19.5 Å². The first-order valence-electron chi connectivity index (χ1n) is 9.85. The van der Waals surface area contributed by atoms with Gasteiger partial charge in [-0.2, -0.15) is 0 Å². The molecule has 30 heavy (non-hydrogen) atoms. The Hall–Kier alpha value is -3.01. The molecular formula is C20H20F2N4O4. The predicted octanol–water partition coefficient (Wildman–Crippen LogP) is 1.39. The standard InChI is InChI=1S/C20H20F2N4O4/c21-14-16(24)13-17(25(7-1-2-7)5-8(19(13)28)20(29)30)15(22)18(14)26-6-9(23)12-10(26)3-4-11(12)27/h5,7,9-10,12H,1-4,6,23-24H2,(H,29,30)/t9-,10-,12-/m1/s1. The van der Waals surface area contributed by atoms with Crippen LogP contribution in [0, 0.1) is 17.6 Å². The summed E-state index contributed by atoms with van der Waals surface area (Å²) in [6.07, 6.45) is 3.18. The highest BCUT2D eigenvalue weighted by Crippen LogP contribution is 2.45. The van der Waals surface area contributed by atoms with Crippen LogP contribution in [-0.2, 0) is 4.79 Å². The van der Waals surface area contributed by atoms with Crippen molar-refractivity contribution in [2.45, 2.75) is 43.8 Å². The molecule has 158 valence electrons. The lowest BCUT2D eigenvalue weighted by Gasteiger charge is -2.28. The Morgan fingerprint density at radius 1 is 1.17 bits per heavy atom. The number of carboxylic acids is 1. The Balaban J connectivity index is 1.81. The summed E-state index contributed by atoms with van der Waals surface area (Å²) >= 11 is 0. The molecule has 2 aromatic rings. The molecule has 1 saturated heterocycles. The van der Waals surface area contributed by atoms with Gasteiger partial charge < -0.3 is 26.0 Å². The fraction of sp³-hybridized carbons (Fsp3) is 0.450. The highest BCUT2D eigenvalue weighted by Gasteiger charge is 2.49. The molecule has 0 spiro atoms. The molecule has 0 radical (unpaired) electrons. The summed E-state index contributed by atoms with van der Waals surface area (Å²) in [5, 5.41) is 8.90. The topological polar surface area (TPSA) is 132 Å². The Kier molecular flexibility index (Phi) is 3.95. The number of hydrogen-bond acceptors (Lipinski definition) is 6. The highest BCUT2D eigenvalue weighted by atomic mass is 19.1. The minimum Gasteiger partial charge on any atom is -0.477 e. The fourth-order valence-corrected chi connectivity index (χ4v) is 5.06. The number of rotatable bonds is 3. The van der Waals surface area contributed by atoms with E-state index in [1.807, 2.05) is 0 Å². The minimum absolute atomic E-state index is 0.0226. The van der Waals surface area contributed by atoms with E-state index in [0.717, 1.165) is 6.20 Å². The zero-order valence-corrected chi connectivity index (χ0v) is 15.9. The van der Waals surface area contributed by atoms with Crippen molar-refractivity contribution >= 4 is 34.0 Å². The number of nitrogens with zero attached hydrogens (tertiary/aromatic N) is 2. The zero-order valence-electron chi connectivity index (χ0n) is 15.9. The van der Waals surface area contributed by atoms with Gasteiger partial charge in [0.15, 0.2) is 11.6 Å². The summed E-state index contributed by atoms with van der Waals surface area (Å²) in [4.78, 5) is 37.9. The molecule has 1 aromatic heterocycles. The van der Waals surface area contributed by atoms with Gasteiger partial charge in [-0.1, -0.05) is 0 Å². The van der Waals surface area contributed by atoms with Crippen molar-refractivity contribution < 1.29 is 23.5 Å². The lowest BCUT2D eigenvalue weighted by atomic mass is 9.99. The van der Waals surface area contributed by atoms with Crippen molar-refractivity contribution in [3.63, 3.8) is 0 Å². The Labute approximate surface area is 169 Å². The highest BCUT2D eigenvalue weighted by molar-refractivity contribution is 6.00. The van der Waals surface area contributed by atoms with Crippen molar-refractivity contribution in [3.05, 3.63) is 33.6 Å². The summed E-state index contributed by atoms with van der Waals surface area (Å²) in [7, 11) is 0. The lowest BCUT2D eigenvalue weighted by molar-refractivity contribution is -0.120. The molecule has 0 amide bonds. The number of ketones is 1. The van der Waals surface area contributed by atoms with Gasteiger partial charge in [-0.05, 0) is 19.3 Å². The van der Waals surface area contributed by atoms with Crippen LogP contribution in [0.15, 0.2) is 11.0 Å². The first-order chi connectivity index (χ1) is 14.2. The summed E-state index contributed by atoms with van der Waals surface area (Å²) in [5.41, 5.74) is 9.22. The number of aromatic nitrogens is 1. The van der Waals surface area contributed by atoms with Crippen LogP contribution in [0.3, 0.4) is 0 Å². The third-order valence-corrected chi connectivity index (χ3v) is 6.56. The van der Waals surface area contributed by atoms with E-state index in [4.69, 9.17) is 11.5 Å². The molecule has 2 heterocycles. The summed E-state index contributed by atoms with van der Waals surface area (Å²) in [6.45, 7) is 0.0841. The van der Waals surface area contributed by atoms with Crippen LogP contribution in [0.25, 0.3) is 10.9 Å². The molecule has 3 aliphatic rings. The van der Waals surface area contributed by atoms with Gasteiger partial charge in [-0.25, -0.2) is 13.6 Å². The minimum atomic E-state index is -1.49. The number of aromatic carboxylic acids is 1. The quantitative estimate of drug-likeness (QED) is 0.642. The van der Waals surface area contributed by atoms with Gasteiger partial charge in [0, 0.05) is 37.3 Å². The molecule has 2 saturated carbocycles. The average molecular weight is 418 g/mol. The maximum Gasteiger partial charge on any atom is 0.341 e. The van der Waals surface area contributed by atoms with Crippen molar-refractivity contribution in [2.24, 2.45) is 11.7 Å². The first kappa shape index (κ1) is 19.0. The number of nitrogens with two attached hydrogens (primary N) is 2. The number of nitrogen functional groups attached to an aromatic ring is 1. The van der Waals surface area contributed by atoms with Gasteiger partial charge >= 0.3 is 5.97 Å². The molecule has 5 rings (SSSR count). The van der Waals surface area contributed by atoms with Crippen LogP contribution in [0.5, 0.6) is 0 Å². The number of hydrogen-bond donors (Lipinski definition) is 3. The molecule has 0 bridgehead atoms. The largest absolute Gasteiger partial charge is 0.477 e. The Bertz CT molecular complexity index is 1190. The molecule has 1 aliphatic heterocycles. The maximum absolute atomic E-state index is 15.8. The van der Waals surface area contributed by atoms with Gasteiger partial charge in [0.2, 0.25) is 5.43 Å². The number of pyridine rings is 1. The number of anilines is 2. The van der Waals surface area contributed by atoms with Crippen LogP contribution in [0.2, 0.25) is 0 Å². The fourth-order valence-electron chi connectivity index (χ4n) is 5.06. The van der Waals surface area contributed by atoms with Crippen LogP contribution >= 0.6 is 0 Å². The van der Waals surface area contributed by atoms with E-state index in [1.165, 1.54) is 9.47 Å². The third kappa shape index (κ3) is 2.43. The zero-order chi connectivity index (χ0) is 21.5. The maximum atomic E-state index is 15.8. The van der Waals surface area contributed by atoms with Gasteiger partial charge in [0.1, 0.15) is 17.0 Å². The average Bonchev–Trinajstić information content (AvgIpc) is 3.38. The molecule has 10 heteroatoms. The number of halogens is 2. The summed E-state index contributed by atoms with van der Waals surface area (Å²) in [6, 6.07) is -1.19. The molecule has 5 N–H and O–H groups in total. The molecule has 1 aromatic carbocycles. The van der Waals surface area contributed by atoms with E-state index in [1.54, 1.807) is 0 Å². The SMILES string of the molecule is Nc1c(F)c(N2C[C@@H](N)[C@H]3C(=O)CC[C@H]32)c(F)c2c1c(=O)c(C(=O)O)cn2C1CC1. The molecular weight excluding hydrogens is 398 g/mol. The van der Waals surface area contributed by atoms with E-state index in [2.05, 4.69) is 0 Å². The molecule has 2 aliphatic carbocycles. The summed E-state index contributed by atoms with van der Waals surface area (Å²) < 4.78 is 32.6. The van der Waals surface area contributed by atoms with Crippen molar-refractivity contribution in [2.75, 3.05) is 17.2 Å². The van der Waals surface area contributed by atoms with Crippen LogP contribution in [0.1, 0.15) is 42.1 Å². The number of carbonyl (C=O) groups excluding carboxylic acids is 1. The van der Waals surface area contributed by atoms with E-state index < -0.39 is 63.4 Å². The van der Waals surface area contributed by atoms with Crippen molar-refractivity contribution in [1.82, 2.24) is 4.57 Å². The van der Waals surface area contributed by atoms with E-state index in [-0.39, 0.29) is 23.9 Å². The third-order valence-electron chi connectivity index (χ3n) is 6.56. The Morgan fingerprint density at radius 3 is 2.50 bits per heavy atom. The van der Waals surface area contributed by atoms with Crippen LogP contribution in [0.4, 0.5) is 20.2 Å². The lowest BCUT2D eigenvalue weighted by Crippen LogP contribution is -2.33. The molecule has 3 fully saturated rings. The number of carboxylic acid groups (broad SMARTS) is 1. The van der Waals surface area contributed by atoms with E-state index in [0.29, 0.717) is 25.7 Å². The number of Topliss-reactive ketones (excluding diaryl/α,β-unsaturated/α-hetero) is 1. The predicted molar refractivity (Wildman–Crippen MR) is 105 cm³/mol. The second kappa shape index (κ2) is 6.24. The monoisotopic (exact) mass is 418 g/mol. The summed E-state index contributed by atoms with van der Waals surface area (Å²) in [5.74, 6) is -4.12. The van der Waals surface area contributed by atoms with Gasteiger partial charge in [0.25, 0.3) is 0 Å². The number of benzene rings is 1. The second-order valence-corrected chi connectivity index (χ2v) is 8.34. The number of carbonyl (C=O) groups is 2. The first-order valence-corrected chi connectivity index (χ1v) is 9.85. The molecule has 8 nitrogen and oxygen atoms in total. The molecule has 0 unspecified atom stereocenters. The second-order valence-electron chi connectivity index (χ2n) is 8.34. The van der Waals surface area contributed by atoms with Gasteiger partial charge in [0.05, 0.1) is 22.5 Å². The smallest absolute Gasteiger partial charge is 0.341 e. The van der Waals surface area contributed by atoms with Crippen LogP contribution in [-0.4, -0.2) is 40.1 Å². The van der Waals surface area contributed by atoms with Crippen molar-refractivity contribution in [3.8, 4) is 0 Å². The molecule has 3 atom stereocenters. The van der Waals surface area contributed by atoms with Gasteiger partial charge in [-0.15, -0.1) is 0 Å². The van der Waals surface area contributed by atoms with E-state index >= 15 is 8.78 Å². The normalized spacial score (nSPS) is 25.9. The Morgan fingerprint density at radius 2 is 1.87 bits per heavy atom. The van der Waals surface area contributed by atoms with Gasteiger partial charge in [-0.3, -0.25) is 9.59 Å². The van der Waals surface area contributed by atoms with Crippen LogP contribution < -0.4 is 21.8 Å². The van der Waals surface area contributed by atoms with Crippen molar-refractivity contribution in [1.29, 1.82) is 0 Å².